The molecular weight excluding hydrogens is 448 g/mol. The van der Waals surface area contributed by atoms with Crippen LogP contribution in [0.2, 0.25) is 5.02 Å². The molecule has 0 aliphatic rings. The Bertz CT molecular complexity index is 1390. The zero-order valence-electron chi connectivity index (χ0n) is 14.1. The van der Waals surface area contributed by atoms with Crippen molar-refractivity contribution in [3.8, 4) is 0 Å². The third-order valence-electron chi connectivity index (χ3n) is 3.80. The Hall–Kier alpha value is -2.25. The number of H-pyrrole nitrogens is 1. The van der Waals surface area contributed by atoms with E-state index in [4.69, 9.17) is 29.0 Å². The van der Waals surface area contributed by atoms with E-state index in [2.05, 4.69) is 10.4 Å². The molecule has 4 N–H and O–H groups in total. The van der Waals surface area contributed by atoms with Gasteiger partial charge >= 0.3 is 0 Å². The number of fused-ring (bicyclic) bond motifs is 1. The molecule has 0 saturated heterocycles. The minimum Gasteiger partial charge on any atom is -0.329 e. The van der Waals surface area contributed by atoms with Gasteiger partial charge in [-0.3, -0.25) is 10.2 Å². The molecule has 0 spiro atoms. The van der Waals surface area contributed by atoms with Gasteiger partial charge in [0.1, 0.15) is 4.90 Å². The Labute approximate surface area is 170 Å². The molecule has 0 radical (unpaired) electrons. The van der Waals surface area contributed by atoms with Crippen LogP contribution in [0.4, 0.5) is 0 Å². The standard InChI is InChI=1S/C15H13ClN4O5S3/c1-27(22,23)9-3-5-12-11(7-9)18-15(26)20(12)19-14(21)8-2-4-10(16)13(6-8)28(17,24)25/h2-7H,1H3,(H,18,26)(H,19,21)(H2,17,24,25). The minimum atomic E-state index is -4.12. The van der Waals surface area contributed by atoms with E-state index in [1.165, 1.54) is 35.0 Å². The van der Waals surface area contributed by atoms with E-state index in [0.717, 1.165) is 12.3 Å². The summed E-state index contributed by atoms with van der Waals surface area (Å²) in [6, 6.07) is 7.87. The first-order valence-electron chi connectivity index (χ1n) is 7.46. The van der Waals surface area contributed by atoms with Gasteiger partial charge in [-0.15, -0.1) is 0 Å². The molecule has 0 atom stereocenters. The lowest BCUT2D eigenvalue weighted by Crippen LogP contribution is -2.23. The highest BCUT2D eigenvalue weighted by Gasteiger charge is 2.18. The van der Waals surface area contributed by atoms with Crippen molar-refractivity contribution in [1.82, 2.24) is 9.66 Å². The Morgan fingerprint density at radius 1 is 1.18 bits per heavy atom. The van der Waals surface area contributed by atoms with Crippen molar-refractivity contribution in [2.75, 3.05) is 11.7 Å². The summed E-state index contributed by atoms with van der Waals surface area (Å²) >= 11 is 11.0. The number of carbonyl (C=O) groups excluding carboxylic acids is 1. The van der Waals surface area contributed by atoms with Crippen LogP contribution in [0.25, 0.3) is 11.0 Å². The van der Waals surface area contributed by atoms with E-state index in [0.29, 0.717) is 11.0 Å². The van der Waals surface area contributed by atoms with Crippen LogP contribution in [-0.2, 0) is 19.9 Å². The third-order valence-corrected chi connectivity index (χ3v) is 6.58. The molecule has 9 nitrogen and oxygen atoms in total. The predicted octanol–water partition coefficient (Wildman–Crippen LogP) is 1.79. The van der Waals surface area contributed by atoms with Gasteiger partial charge in [0.15, 0.2) is 14.6 Å². The highest BCUT2D eigenvalue weighted by molar-refractivity contribution is 7.90. The summed E-state index contributed by atoms with van der Waals surface area (Å²) in [4.78, 5) is 15.1. The fraction of sp³-hybridized carbons (Fsp3) is 0.0667. The predicted molar refractivity (Wildman–Crippen MR) is 107 cm³/mol. The van der Waals surface area contributed by atoms with Gasteiger partial charge in [-0.25, -0.2) is 26.7 Å². The Balaban J connectivity index is 2.03. The molecule has 3 aromatic rings. The monoisotopic (exact) mass is 460 g/mol. The van der Waals surface area contributed by atoms with Gasteiger partial charge in [0.2, 0.25) is 10.0 Å². The Morgan fingerprint density at radius 3 is 2.46 bits per heavy atom. The van der Waals surface area contributed by atoms with Crippen LogP contribution >= 0.6 is 23.8 Å². The number of aromatic amines is 1. The minimum absolute atomic E-state index is 0.0163. The van der Waals surface area contributed by atoms with Crippen molar-refractivity contribution >= 4 is 60.6 Å². The molecule has 0 unspecified atom stereocenters. The molecule has 13 heteroatoms. The quantitative estimate of drug-likeness (QED) is 0.506. The molecule has 0 fully saturated rings. The van der Waals surface area contributed by atoms with Crippen LogP contribution in [-0.4, -0.2) is 38.7 Å². The van der Waals surface area contributed by atoms with Crippen molar-refractivity contribution < 1.29 is 21.6 Å². The number of halogens is 1. The van der Waals surface area contributed by atoms with E-state index >= 15 is 0 Å². The van der Waals surface area contributed by atoms with Gasteiger partial charge in [-0.1, -0.05) is 11.6 Å². The highest BCUT2D eigenvalue weighted by atomic mass is 35.5. The molecular formula is C15H13ClN4O5S3. The van der Waals surface area contributed by atoms with Crippen molar-refractivity contribution in [2.24, 2.45) is 5.14 Å². The normalized spacial score (nSPS) is 12.2. The lowest BCUT2D eigenvalue weighted by atomic mass is 10.2. The van der Waals surface area contributed by atoms with Crippen molar-refractivity contribution in [3.63, 3.8) is 0 Å². The number of nitrogens with one attached hydrogen (secondary N) is 2. The zero-order valence-corrected chi connectivity index (χ0v) is 17.3. The van der Waals surface area contributed by atoms with Gasteiger partial charge in [0, 0.05) is 11.8 Å². The number of rotatable bonds is 4. The van der Waals surface area contributed by atoms with Crippen LogP contribution in [0.3, 0.4) is 0 Å². The average Bonchev–Trinajstić information content (AvgIpc) is 2.88. The number of amides is 1. The van der Waals surface area contributed by atoms with Crippen molar-refractivity contribution in [3.05, 3.63) is 51.8 Å². The second-order valence-corrected chi connectivity index (χ2v) is 10.2. The zero-order chi connectivity index (χ0) is 20.9. The number of sulfone groups is 1. The molecule has 1 aromatic heterocycles. The molecule has 0 saturated carbocycles. The highest BCUT2D eigenvalue weighted by Crippen LogP contribution is 2.22. The van der Waals surface area contributed by atoms with Crippen LogP contribution in [0.1, 0.15) is 10.4 Å². The van der Waals surface area contributed by atoms with E-state index in [-0.39, 0.29) is 25.1 Å². The number of nitrogens with zero attached hydrogens (tertiary/aromatic N) is 1. The molecule has 148 valence electrons. The summed E-state index contributed by atoms with van der Waals surface area (Å²) in [6.45, 7) is 0. The number of primary sulfonamides is 1. The number of hydrogen-bond donors (Lipinski definition) is 3. The third kappa shape index (κ3) is 3.95. The van der Waals surface area contributed by atoms with E-state index in [1.807, 2.05) is 0 Å². The summed E-state index contributed by atoms with van der Waals surface area (Å²) in [5.74, 6) is -0.675. The summed E-state index contributed by atoms with van der Waals surface area (Å²) in [7, 11) is -7.53. The van der Waals surface area contributed by atoms with Crippen LogP contribution < -0.4 is 10.6 Å². The fourth-order valence-corrected chi connectivity index (χ4v) is 4.43. The van der Waals surface area contributed by atoms with Crippen molar-refractivity contribution in [1.29, 1.82) is 0 Å². The maximum atomic E-state index is 12.6. The number of sulfonamides is 1. The molecule has 28 heavy (non-hydrogen) atoms. The molecule has 0 aliphatic heterocycles. The molecule has 0 aliphatic carbocycles. The average molecular weight is 461 g/mol. The largest absolute Gasteiger partial charge is 0.329 e. The number of carbonyl (C=O) groups is 1. The van der Waals surface area contributed by atoms with E-state index in [9.17, 15) is 21.6 Å². The summed E-state index contributed by atoms with van der Waals surface area (Å²) < 4.78 is 47.9. The Morgan fingerprint density at radius 2 is 1.86 bits per heavy atom. The topological polar surface area (TPSA) is 144 Å². The molecule has 0 bridgehead atoms. The molecule has 1 heterocycles. The lowest BCUT2D eigenvalue weighted by Gasteiger charge is -2.09. The lowest BCUT2D eigenvalue weighted by molar-refractivity contribution is 0.101. The first-order valence-corrected chi connectivity index (χ1v) is 11.7. The molecule has 3 rings (SSSR count). The second kappa shape index (κ2) is 6.97. The Kier molecular flexibility index (Phi) is 5.10. The van der Waals surface area contributed by atoms with Gasteiger partial charge in [0.25, 0.3) is 5.91 Å². The van der Waals surface area contributed by atoms with Crippen LogP contribution in [0, 0.1) is 4.77 Å². The summed E-state index contributed by atoms with van der Waals surface area (Å²) in [6.07, 6.45) is 1.07. The maximum absolute atomic E-state index is 12.6. The molecule has 2 aromatic carbocycles. The first-order chi connectivity index (χ1) is 12.9. The van der Waals surface area contributed by atoms with Crippen molar-refractivity contribution in [2.45, 2.75) is 9.79 Å². The SMILES string of the molecule is CS(=O)(=O)c1ccc2c(c1)[nH]c(=S)n2NC(=O)c1ccc(Cl)c(S(N)(=O)=O)c1. The second-order valence-electron chi connectivity index (χ2n) is 5.85. The number of hydrogen-bond acceptors (Lipinski definition) is 6. The maximum Gasteiger partial charge on any atom is 0.270 e. The number of nitrogens with two attached hydrogens (primary N) is 1. The van der Waals surface area contributed by atoms with Gasteiger partial charge in [-0.05, 0) is 48.6 Å². The number of benzene rings is 2. The first kappa shape index (κ1) is 20.5. The number of aromatic nitrogens is 2. The van der Waals surface area contributed by atoms with E-state index in [1.54, 1.807) is 0 Å². The van der Waals surface area contributed by atoms with Gasteiger partial charge < -0.3 is 4.98 Å². The number of imidazole rings is 1. The van der Waals surface area contributed by atoms with Gasteiger partial charge in [-0.2, -0.15) is 0 Å². The summed E-state index contributed by atoms with van der Waals surface area (Å²) in [5.41, 5.74) is 3.32. The fourth-order valence-electron chi connectivity index (χ4n) is 2.46. The van der Waals surface area contributed by atoms with Crippen LogP contribution in [0.5, 0.6) is 0 Å². The van der Waals surface area contributed by atoms with E-state index < -0.39 is 25.8 Å². The van der Waals surface area contributed by atoms with Crippen LogP contribution in [0.15, 0.2) is 46.2 Å². The summed E-state index contributed by atoms with van der Waals surface area (Å²) in [5, 5.41) is 4.98. The van der Waals surface area contributed by atoms with Gasteiger partial charge in [0.05, 0.1) is 21.0 Å². The molecule has 1 amide bonds. The smallest absolute Gasteiger partial charge is 0.270 e.